The molecule has 146 valence electrons. The first-order chi connectivity index (χ1) is 13.1. The Hall–Kier alpha value is -3.42. The third-order valence-corrected chi connectivity index (χ3v) is 3.95. The summed E-state index contributed by atoms with van der Waals surface area (Å²) < 4.78 is 11.6. The number of hydrogen-bond donors (Lipinski definition) is 1. The van der Waals surface area contributed by atoms with Gasteiger partial charge in [0.2, 0.25) is 5.91 Å². The van der Waals surface area contributed by atoms with Crippen molar-refractivity contribution in [3.05, 3.63) is 63.8 Å². The van der Waals surface area contributed by atoms with Gasteiger partial charge in [-0.1, -0.05) is 32.9 Å². The second kappa shape index (κ2) is 7.30. The number of fused-ring (bicyclic) bond motifs is 1. The van der Waals surface area contributed by atoms with Gasteiger partial charge in [-0.25, -0.2) is 9.78 Å². The molecule has 0 aliphatic heterocycles. The lowest BCUT2D eigenvalue weighted by atomic mass is 9.95. The summed E-state index contributed by atoms with van der Waals surface area (Å²) >= 11 is 0. The lowest BCUT2D eigenvalue weighted by Crippen LogP contribution is -2.28. The van der Waals surface area contributed by atoms with E-state index >= 15 is 0 Å². The predicted octanol–water partition coefficient (Wildman–Crippen LogP) is 2.94. The van der Waals surface area contributed by atoms with Gasteiger partial charge in [0.15, 0.2) is 5.65 Å². The van der Waals surface area contributed by atoms with Crippen molar-refractivity contribution in [1.29, 1.82) is 0 Å². The maximum absolute atomic E-state index is 12.5. The highest BCUT2D eigenvalue weighted by atomic mass is 16.5. The molecular formula is C20H21N3O5. The van der Waals surface area contributed by atoms with Gasteiger partial charge in [0.1, 0.15) is 12.4 Å². The van der Waals surface area contributed by atoms with Gasteiger partial charge in [-0.15, -0.1) is 4.57 Å². The summed E-state index contributed by atoms with van der Waals surface area (Å²) in [4.78, 5) is 41.0. The van der Waals surface area contributed by atoms with Crippen molar-refractivity contribution < 1.29 is 18.8 Å². The first-order valence-electron chi connectivity index (χ1n) is 8.72. The number of aromatic nitrogens is 2. The van der Waals surface area contributed by atoms with Crippen LogP contribution >= 0.6 is 0 Å². The summed E-state index contributed by atoms with van der Waals surface area (Å²) in [5.74, 6) is -0.305. The van der Waals surface area contributed by atoms with Gasteiger partial charge in [0, 0.05) is 17.5 Å². The van der Waals surface area contributed by atoms with Crippen molar-refractivity contribution in [3.8, 4) is 0 Å². The van der Waals surface area contributed by atoms with E-state index in [-0.39, 0.29) is 18.1 Å². The molecule has 0 saturated carbocycles. The zero-order chi connectivity index (χ0) is 20.5. The van der Waals surface area contributed by atoms with Gasteiger partial charge in [0.05, 0.1) is 16.9 Å². The highest BCUT2D eigenvalue weighted by molar-refractivity contribution is 6.02. The predicted molar refractivity (Wildman–Crippen MR) is 102 cm³/mol. The normalized spacial score (nSPS) is 11.4. The number of esters is 1. The smallest absolute Gasteiger partial charge is 0.340 e. The molecule has 0 fully saturated rings. The fraction of sp³-hybridized carbons (Fsp3) is 0.300. The first kappa shape index (κ1) is 19.3. The van der Waals surface area contributed by atoms with Crippen molar-refractivity contribution in [2.45, 2.75) is 34.3 Å². The maximum Gasteiger partial charge on any atom is 0.340 e. The molecule has 0 aliphatic carbocycles. The molecule has 2 aromatic heterocycles. The molecular weight excluding hydrogens is 362 g/mol. The van der Waals surface area contributed by atoms with Gasteiger partial charge >= 0.3 is 5.97 Å². The Morgan fingerprint density at radius 1 is 1.21 bits per heavy atom. The van der Waals surface area contributed by atoms with E-state index in [0.29, 0.717) is 22.8 Å². The molecule has 0 atom stereocenters. The number of amides is 1. The fourth-order valence-corrected chi connectivity index (χ4v) is 2.44. The fourth-order valence-electron chi connectivity index (χ4n) is 2.44. The summed E-state index contributed by atoms with van der Waals surface area (Å²) in [5.41, 5.74) is 0.214. The molecule has 3 rings (SSSR count). The molecule has 1 N–H and O–H groups in total. The van der Waals surface area contributed by atoms with Crippen LogP contribution in [0.3, 0.4) is 0 Å². The van der Waals surface area contributed by atoms with E-state index in [1.54, 1.807) is 58.0 Å². The van der Waals surface area contributed by atoms with Crippen molar-refractivity contribution in [3.63, 3.8) is 0 Å². The Labute approximate surface area is 161 Å². The summed E-state index contributed by atoms with van der Waals surface area (Å²) in [6.45, 7) is 6.86. The number of ether oxygens (including phenoxy) is 1. The number of rotatable bonds is 4. The van der Waals surface area contributed by atoms with Crippen molar-refractivity contribution in [2.24, 2.45) is 5.41 Å². The minimum absolute atomic E-state index is 0.184. The van der Waals surface area contributed by atoms with E-state index < -0.39 is 16.9 Å². The number of para-hydroxylation sites is 1. The van der Waals surface area contributed by atoms with Gasteiger partial charge in [-0.2, -0.15) is 0 Å². The largest absolute Gasteiger partial charge is 0.456 e. The number of carbonyl (C=O) groups excluding carboxylic acids is 2. The van der Waals surface area contributed by atoms with Crippen LogP contribution in [0.25, 0.3) is 5.65 Å². The van der Waals surface area contributed by atoms with Crippen LogP contribution in [-0.2, 0) is 16.1 Å². The Balaban J connectivity index is 1.77. The highest BCUT2D eigenvalue weighted by Gasteiger charge is 2.23. The molecule has 8 nitrogen and oxygen atoms in total. The number of hydrogen-bond acceptors (Lipinski definition) is 6. The van der Waals surface area contributed by atoms with Gasteiger partial charge in [0.25, 0.3) is 5.56 Å². The Morgan fingerprint density at radius 2 is 1.93 bits per heavy atom. The molecule has 28 heavy (non-hydrogen) atoms. The lowest BCUT2D eigenvalue weighted by molar-refractivity contribution is -0.123. The van der Waals surface area contributed by atoms with Gasteiger partial charge in [-0.05, 0) is 19.1 Å². The molecule has 2 heterocycles. The van der Waals surface area contributed by atoms with Crippen LogP contribution in [0.4, 0.5) is 5.69 Å². The van der Waals surface area contributed by atoms with Crippen LogP contribution in [-0.4, -0.2) is 21.4 Å². The topological polar surface area (TPSA) is 103 Å². The summed E-state index contributed by atoms with van der Waals surface area (Å²) in [6.07, 6.45) is 0. The third kappa shape index (κ3) is 4.11. The van der Waals surface area contributed by atoms with E-state index in [1.807, 2.05) is 0 Å². The average Bonchev–Trinajstić information content (AvgIpc) is 3.00. The zero-order valence-electron chi connectivity index (χ0n) is 16.1. The molecule has 0 radical (unpaired) electrons. The van der Waals surface area contributed by atoms with E-state index in [4.69, 9.17) is 9.26 Å². The molecule has 0 aliphatic rings. The molecule has 0 saturated heterocycles. The summed E-state index contributed by atoms with van der Waals surface area (Å²) in [7, 11) is 0. The lowest BCUT2D eigenvalue weighted by Gasteiger charge is -2.19. The van der Waals surface area contributed by atoms with Crippen LogP contribution in [0.2, 0.25) is 0 Å². The van der Waals surface area contributed by atoms with E-state index in [1.165, 1.54) is 6.07 Å². The van der Waals surface area contributed by atoms with Crippen molar-refractivity contribution in [2.75, 3.05) is 5.32 Å². The Morgan fingerprint density at radius 3 is 2.64 bits per heavy atom. The van der Waals surface area contributed by atoms with Crippen LogP contribution in [0.5, 0.6) is 0 Å². The monoisotopic (exact) mass is 383 g/mol. The summed E-state index contributed by atoms with van der Waals surface area (Å²) in [5, 5.41) is 2.74. The third-order valence-electron chi connectivity index (χ3n) is 3.95. The number of anilines is 1. The van der Waals surface area contributed by atoms with Gasteiger partial charge in [-0.3, -0.25) is 9.59 Å². The second-order valence-electron chi connectivity index (χ2n) is 7.41. The molecule has 0 unspecified atom stereocenters. The van der Waals surface area contributed by atoms with Crippen LogP contribution < -0.4 is 10.9 Å². The van der Waals surface area contributed by atoms with Crippen LogP contribution in [0, 0.1) is 12.3 Å². The van der Waals surface area contributed by atoms with Gasteiger partial charge < -0.3 is 14.6 Å². The molecule has 1 aromatic carbocycles. The highest BCUT2D eigenvalue weighted by Crippen LogP contribution is 2.21. The van der Waals surface area contributed by atoms with Crippen LogP contribution in [0.15, 0.2) is 45.7 Å². The SMILES string of the molecule is Cc1cc2nc(COC(=O)c3ccccc3NC(=O)C(C)(C)C)cc(=O)n2o1. The zero-order valence-corrected chi connectivity index (χ0v) is 16.1. The standard InChI is InChI=1S/C20H21N3O5/c1-12-9-16-21-13(10-17(24)23(16)28-12)11-27-18(25)14-7-5-6-8-15(14)22-19(26)20(2,3)4/h5-10H,11H2,1-4H3,(H,22,26). The molecule has 8 heteroatoms. The minimum atomic E-state index is -0.629. The Kier molecular flexibility index (Phi) is 5.04. The number of benzene rings is 1. The second-order valence-corrected chi connectivity index (χ2v) is 7.41. The Bertz CT molecular complexity index is 1100. The van der Waals surface area contributed by atoms with Crippen molar-refractivity contribution in [1.82, 2.24) is 9.56 Å². The maximum atomic E-state index is 12.5. The number of carbonyl (C=O) groups is 2. The van der Waals surface area contributed by atoms with E-state index in [0.717, 1.165) is 4.57 Å². The number of aryl methyl sites for hydroxylation is 1. The quantitative estimate of drug-likeness (QED) is 0.695. The number of nitrogens with zero attached hydrogens (tertiary/aromatic N) is 2. The van der Waals surface area contributed by atoms with E-state index in [9.17, 15) is 14.4 Å². The average molecular weight is 383 g/mol. The molecule has 0 spiro atoms. The molecule has 0 bridgehead atoms. The van der Waals surface area contributed by atoms with Crippen LogP contribution in [0.1, 0.15) is 42.6 Å². The summed E-state index contributed by atoms with van der Waals surface area (Å²) in [6, 6.07) is 9.44. The van der Waals surface area contributed by atoms with E-state index in [2.05, 4.69) is 10.3 Å². The minimum Gasteiger partial charge on any atom is -0.456 e. The number of nitrogens with one attached hydrogen (secondary N) is 1. The molecule has 1 amide bonds. The van der Waals surface area contributed by atoms with Crippen molar-refractivity contribution >= 4 is 23.2 Å². The molecule has 3 aromatic rings. The first-order valence-corrected chi connectivity index (χ1v) is 8.72.